The van der Waals surface area contributed by atoms with Crippen LogP contribution in [-0.2, 0) is 0 Å². The largest absolute Gasteiger partial charge is 0.494 e. The number of hydrogen-bond donors (Lipinski definition) is 2. The van der Waals surface area contributed by atoms with Crippen molar-refractivity contribution < 1.29 is 4.74 Å². The third-order valence-electron chi connectivity index (χ3n) is 1.92. The van der Waals surface area contributed by atoms with E-state index >= 15 is 0 Å². The van der Waals surface area contributed by atoms with Crippen LogP contribution in [-0.4, -0.2) is 18.3 Å². The Labute approximate surface area is 102 Å². The second kappa shape index (κ2) is 7.06. The molecule has 0 spiro atoms. The average molecular weight is 238 g/mol. The molecule has 1 aromatic rings. The van der Waals surface area contributed by atoms with E-state index in [1.807, 2.05) is 31.2 Å². The first kappa shape index (κ1) is 12.8. The van der Waals surface area contributed by atoms with Crippen molar-refractivity contribution >= 4 is 23.0 Å². The van der Waals surface area contributed by atoms with Crippen molar-refractivity contribution in [2.45, 2.75) is 20.3 Å². The summed E-state index contributed by atoms with van der Waals surface area (Å²) in [4.78, 5) is 0. The minimum absolute atomic E-state index is 0.643. The first-order valence-corrected chi connectivity index (χ1v) is 5.94. The summed E-state index contributed by atoms with van der Waals surface area (Å²) in [5.41, 5.74) is 0.967. The Morgan fingerprint density at radius 1 is 1.25 bits per heavy atom. The number of anilines is 1. The third kappa shape index (κ3) is 4.49. The zero-order chi connectivity index (χ0) is 11.8. The van der Waals surface area contributed by atoms with E-state index in [2.05, 4.69) is 17.6 Å². The van der Waals surface area contributed by atoms with Crippen molar-refractivity contribution in [3.05, 3.63) is 24.3 Å². The van der Waals surface area contributed by atoms with Crippen molar-refractivity contribution in [3.63, 3.8) is 0 Å². The Morgan fingerprint density at radius 2 is 1.94 bits per heavy atom. The minimum atomic E-state index is 0.643. The van der Waals surface area contributed by atoms with E-state index in [4.69, 9.17) is 17.0 Å². The van der Waals surface area contributed by atoms with Crippen LogP contribution in [0.4, 0.5) is 5.69 Å². The first-order chi connectivity index (χ1) is 7.76. The van der Waals surface area contributed by atoms with Gasteiger partial charge in [0, 0.05) is 12.2 Å². The van der Waals surface area contributed by atoms with Crippen LogP contribution in [0.5, 0.6) is 5.75 Å². The molecule has 0 aliphatic heterocycles. The predicted molar refractivity (Wildman–Crippen MR) is 72.1 cm³/mol. The lowest BCUT2D eigenvalue weighted by Crippen LogP contribution is -2.27. The van der Waals surface area contributed by atoms with Gasteiger partial charge in [0.15, 0.2) is 5.11 Å². The van der Waals surface area contributed by atoms with E-state index < -0.39 is 0 Å². The molecule has 3 nitrogen and oxygen atoms in total. The molecule has 88 valence electrons. The summed E-state index contributed by atoms with van der Waals surface area (Å²) in [5.74, 6) is 0.891. The summed E-state index contributed by atoms with van der Waals surface area (Å²) in [6.07, 6.45) is 1.02. The molecule has 0 fully saturated rings. The maximum Gasteiger partial charge on any atom is 0.170 e. The van der Waals surface area contributed by atoms with Crippen LogP contribution in [0.25, 0.3) is 0 Å². The van der Waals surface area contributed by atoms with Gasteiger partial charge in [0.1, 0.15) is 5.75 Å². The molecule has 0 unspecified atom stereocenters. The van der Waals surface area contributed by atoms with Crippen molar-refractivity contribution in [1.29, 1.82) is 0 Å². The highest BCUT2D eigenvalue weighted by Gasteiger charge is 1.97. The van der Waals surface area contributed by atoms with Crippen molar-refractivity contribution in [1.82, 2.24) is 5.32 Å². The van der Waals surface area contributed by atoms with E-state index in [1.54, 1.807) is 0 Å². The fraction of sp³-hybridized carbons (Fsp3) is 0.417. The number of benzene rings is 1. The van der Waals surface area contributed by atoms with E-state index in [1.165, 1.54) is 0 Å². The van der Waals surface area contributed by atoms with Gasteiger partial charge in [-0.25, -0.2) is 0 Å². The lowest BCUT2D eigenvalue weighted by molar-refractivity contribution is 0.317. The van der Waals surface area contributed by atoms with E-state index in [0.717, 1.165) is 31.0 Å². The SMILES string of the molecule is CCCOc1ccc(NC(=S)NCC)cc1. The molecule has 0 bridgehead atoms. The van der Waals surface area contributed by atoms with Gasteiger partial charge in [-0.1, -0.05) is 6.92 Å². The van der Waals surface area contributed by atoms with Gasteiger partial charge in [-0.05, 0) is 49.8 Å². The molecule has 2 N–H and O–H groups in total. The highest BCUT2D eigenvalue weighted by atomic mass is 32.1. The zero-order valence-corrected chi connectivity index (χ0v) is 10.6. The molecule has 0 atom stereocenters. The van der Waals surface area contributed by atoms with Crippen molar-refractivity contribution in [2.75, 3.05) is 18.5 Å². The molecule has 16 heavy (non-hydrogen) atoms. The summed E-state index contributed by atoms with van der Waals surface area (Å²) >= 11 is 5.08. The maximum atomic E-state index is 5.49. The lowest BCUT2D eigenvalue weighted by Gasteiger charge is -2.09. The quantitative estimate of drug-likeness (QED) is 0.773. The Hall–Kier alpha value is -1.29. The topological polar surface area (TPSA) is 33.3 Å². The summed E-state index contributed by atoms with van der Waals surface area (Å²) in [6, 6.07) is 7.78. The van der Waals surface area contributed by atoms with Gasteiger partial charge < -0.3 is 15.4 Å². The molecule has 1 rings (SSSR count). The van der Waals surface area contributed by atoms with Gasteiger partial charge in [0.05, 0.1) is 6.61 Å². The number of ether oxygens (including phenoxy) is 1. The van der Waals surface area contributed by atoms with Crippen LogP contribution in [0.1, 0.15) is 20.3 Å². The van der Waals surface area contributed by atoms with Gasteiger partial charge in [0.25, 0.3) is 0 Å². The molecule has 0 aromatic heterocycles. The Bertz CT molecular complexity index is 324. The number of thiocarbonyl (C=S) groups is 1. The van der Waals surface area contributed by atoms with E-state index in [0.29, 0.717) is 5.11 Å². The van der Waals surface area contributed by atoms with Crippen molar-refractivity contribution in [2.24, 2.45) is 0 Å². The molecular weight excluding hydrogens is 220 g/mol. The monoisotopic (exact) mass is 238 g/mol. The highest BCUT2D eigenvalue weighted by molar-refractivity contribution is 7.80. The van der Waals surface area contributed by atoms with Crippen LogP contribution < -0.4 is 15.4 Å². The Morgan fingerprint density at radius 3 is 2.50 bits per heavy atom. The predicted octanol–water partition coefficient (Wildman–Crippen LogP) is 2.78. The lowest BCUT2D eigenvalue weighted by atomic mass is 10.3. The first-order valence-electron chi connectivity index (χ1n) is 5.54. The molecule has 0 amide bonds. The second-order valence-electron chi connectivity index (χ2n) is 3.36. The molecule has 0 aliphatic carbocycles. The smallest absolute Gasteiger partial charge is 0.170 e. The minimum Gasteiger partial charge on any atom is -0.494 e. The fourth-order valence-electron chi connectivity index (χ4n) is 1.19. The molecule has 0 saturated carbocycles. The molecule has 0 saturated heterocycles. The van der Waals surface area contributed by atoms with E-state index in [-0.39, 0.29) is 0 Å². The third-order valence-corrected chi connectivity index (χ3v) is 2.17. The summed E-state index contributed by atoms with van der Waals surface area (Å²) in [6.45, 7) is 5.67. The summed E-state index contributed by atoms with van der Waals surface area (Å²) < 4.78 is 5.49. The van der Waals surface area contributed by atoms with Crippen LogP contribution >= 0.6 is 12.2 Å². The van der Waals surface area contributed by atoms with Crippen molar-refractivity contribution in [3.8, 4) is 5.75 Å². The normalized spacial score (nSPS) is 9.62. The summed E-state index contributed by atoms with van der Waals surface area (Å²) in [5, 5.41) is 6.77. The fourth-order valence-corrected chi connectivity index (χ4v) is 1.45. The van der Waals surface area contributed by atoms with Gasteiger partial charge in [-0.15, -0.1) is 0 Å². The molecule has 0 aliphatic rings. The van der Waals surface area contributed by atoms with Crippen LogP contribution in [0.3, 0.4) is 0 Å². The molecule has 0 radical (unpaired) electrons. The van der Waals surface area contributed by atoms with Crippen LogP contribution in [0, 0.1) is 0 Å². The maximum absolute atomic E-state index is 5.49. The zero-order valence-electron chi connectivity index (χ0n) is 9.75. The molecule has 4 heteroatoms. The van der Waals surface area contributed by atoms with Gasteiger partial charge >= 0.3 is 0 Å². The molecule has 1 aromatic carbocycles. The Kier molecular flexibility index (Phi) is 5.64. The van der Waals surface area contributed by atoms with Crippen LogP contribution in [0.15, 0.2) is 24.3 Å². The Balaban J connectivity index is 2.47. The van der Waals surface area contributed by atoms with E-state index in [9.17, 15) is 0 Å². The standard InChI is InChI=1S/C12H18N2OS/c1-3-9-15-11-7-5-10(6-8-11)14-12(16)13-4-2/h5-8H,3-4,9H2,1-2H3,(H2,13,14,16). The average Bonchev–Trinajstić information content (AvgIpc) is 2.28. The van der Waals surface area contributed by atoms with Gasteiger partial charge in [-0.2, -0.15) is 0 Å². The number of nitrogens with one attached hydrogen (secondary N) is 2. The van der Waals surface area contributed by atoms with Crippen LogP contribution in [0.2, 0.25) is 0 Å². The van der Waals surface area contributed by atoms with Gasteiger partial charge in [-0.3, -0.25) is 0 Å². The number of hydrogen-bond acceptors (Lipinski definition) is 2. The molecular formula is C12H18N2OS. The molecule has 0 heterocycles. The highest BCUT2D eigenvalue weighted by Crippen LogP contribution is 2.15. The van der Waals surface area contributed by atoms with Gasteiger partial charge in [0.2, 0.25) is 0 Å². The summed E-state index contributed by atoms with van der Waals surface area (Å²) in [7, 11) is 0. The number of rotatable bonds is 5. The second-order valence-corrected chi connectivity index (χ2v) is 3.77.